The molecule has 19 heavy (non-hydrogen) atoms. The number of nitrogens with one attached hydrogen (secondary N) is 1. The van der Waals surface area contributed by atoms with Crippen LogP contribution in [0.3, 0.4) is 0 Å². The number of hydrogen-bond acceptors (Lipinski definition) is 1. The first-order valence-corrected chi connectivity index (χ1v) is 5.99. The highest BCUT2D eigenvalue weighted by Gasteiger charge is 2.34. The van der Waals surface area contributed by atoms with Gasteiger partial charge in [0.25, 0.3) is 5.91 Å². The zero-order chi connectivity index (χ0) is 14.8. The Morgan fingerprint density at radius 2 is 2.05 bits per heavy atom. The minimum Gasteiger partial charge on any atom is -0.321 e. The summed E-state index contributed by atoms with van der Waals surface area (Å²) in [6.45, 7) is 11.6. The van der Waals surface area contributed by atoms with Gasteiger partial charge in [0.15, 0.2) is 5.69 Å². The molecular formula is C12H8F3IN2O. The highest BCUT2D eigenvalue weighted by molar-refractivity contribution is 14.1. The molecule has 1 rings (SSSR count). The molecule has 100 valence electrons. The maximum Gasteiger partial charge on any atom is 0.407 e. The largest absolute Gasteiger partial charge is 0.407 e. The zero-order valence-electron chi connectivity index (χ0n) is 9.73. The number of nitrogens with zero attached hydrogens (tertiary/aromatic N) is 1. The second-order valence-corrected chi connectivity index (χ2v) is 4.86. The standard InChI is InChI=1S/C12H8F3IN2O/c1-6(2)11(19)18-10-4-7(12(13,14)15)9(17-3)5-8(10)16/h4-5H,1H2,2H3,(H,18,19). The van der Waals surface area contributed by atoms with Gasteiger partial charge in [-0.05, 0) is 41.6 Å². The number of alkyl halides is 3. The van der Waals surface area contributed by atoms with Crippen LogP contribution in [0.1, 0.15) is 12.5 Å². The number of hydrogen-bond donors (Lipinski definition) is 1. The van der Waals surface area contributed by atoms with Gasteiger partial charge in [0.1, 0.15) is 0 Å². The van der Waals surface area contributed by atoms with Crippen LogP contribution >= 0.6 is 22.6 Å². The van der Waals surface area contributed by atoms with Crippen molar-refractivity contribution in [2.24, 2.45) is 0 Å². The first-order chi connectivity index (χ1) is 8.66. The van der Waals surface area contributed by atoms with E-state index in [4.69, 9.17) is 6.57 Å². The van der Waals surface area contributed by atoms with Gasteiger partial charge in [0.2, 0.25) is 0 Å². The third-order valence-corrected chi connectivity index (χ3v) is 3.04. The van der Waals surface area contributed by atoms with Gasteiger partial charge in [-0.2, -0.15) is 13.2 Å². The van der Waals surface area contributed by atoms with Crippen LogP contribution in [-0.2, 0) is 11.0 Å². The van der Waals surface area contributed by atoms with Crippen molar-refractivity contribution in [2.75, 3.05) is 5.32 Å². The molecule has 1 aromatic carbocycles. The summed E-state index contributed by atoms with van der Waals surface area (Å²) < 4.78 is 38.7. The monoisotopic (exact) mass is 380 g/mol. The summed E-state index contributed by atoms with van der Waals surface area (Å²) in [6.07, 6.45) is -4.65. The number of amides is 1. The summed E-state index contributed by atoms with van der Waals surface area (Å²) in [5, 5.41) is 2.32. The lowest BCUT2D eigenvalue weighted by Crippen LogP contribution is -2.14. The van der Waals surface area contributed by atoms with Gasteiger partial charge in [0, 0.05) is 9.14 Å². The van der Waals surface area contributed by atoms with Gasteiger partial charge in [-0.15, -0.1) is 0 Å². The van der Waals surface area contributed by atoms with Gasteiger partial charge in [0.05, 0.1) is 17.8 Å². The van der Waals surface area contributed by atoms with Crippen LogP contribution in [0, 0.1) is 10.1 Å². The first-order valence-electron chi connectivity index (χ1n) is 4.92. The fraction of sp³-hybridized carbons (Fsp3) is 0.167. The van der Waals surface area contributed by atoms with Crippen molar-refractivity contribution in [2.45, 2.75) is 13.1 Å². The quantitative estimate of drug-likeness (QED) is 0.461. The summed E-state index contributed by atoms with van der Waals surface area (Å²) >= 11 is 1.76. The SMILES string of the molecule is [C-]#[N+]c1cc(I)c(NC(=O)C(=C)C)cc1C(F)(F)F. The molecule has 3 nitrogen and oxygen atoms in total. The van der Waals surface area contributed by atoms with Crippen molar-refractivity contribution >= 4 is 39.9 Å². The number of rotatable bonds is 2. The smallest absolute Gasteiger partial charge is 0.321 e. The van der Waals surface area contributed by atoms with E-state index in [-0.39, 0.29) is 11.3 Å². The van der Waals surface area contributed by atoms with Crippen LogP contribution in [-0.4, -0.2) is 5.91 Å². The predicted octanol–water partition coefficient (Wildman–Crippen LogP) is 4.38. The molecule has 0 spiro atoms. The molecule has 0 radical (unpaired) electrons. The van der Waals surface area contributed by atoms with Crippen molar-refractivity contribution in [3.8, 4) is 0 Å². The molecule has 0 unspecified atom stereocenters. The Morgan fingerprint density at radius 3 is 2.47 bits per heavy atom. The molecule has 1 aromatic rings. The normalized spacial score (nSPS) is 10.7. The summed E-state index contributed by atoms with van der Waals surface area (Å²) in [5.41, 5.74) is -1.38. The molecule has 0 aliphatic heterocycles. The van der Waals surface area contributed by atoms with Crippen LogP contribution in [0.4, 0.5) is 24.5 Å². The Hall–Kier alpha value is -1.56. The highest BCUT2D eigenvalue weighted by atomic mass is 127. The third-order valence-electron chi connectivity index (χ3n) is 2.15. The molecule has 0 saturated heterocycles. The van der Waals surface area contributed by atoms with Crippen molar-refractivity contribution in [3.05, 3.63) is 44.8 Å². The zero-order valence-corrected chi connectivity index (χ0v) is 11.9. The van der Waals surface area contributed by atoms with E-state index >= 15 is 0 Å². The van der Waals surface area contributed by atoms with Crippen molar-refractivity contribution in [1.29, 1.82) is 0 Å². The van der Waals surface area contributed by atoms with Crippen molar-refractivity contribution in [1.82, 2.24) is 0 Å². The lowest BCUT2D eigenvalue weighted by Gasteiger charge is -2.13. The average Bonchev–Trinajstić information content (AvgIpc) is 2.29. The number of halogens is 4. The van der Waals surface area contributed by atoms with Gasteiger partial charge in [-0.3, -0.25) is 4.79 Å². The summed E-state index contributed by atoms with van der Waals surface area (Å²) in [4.78, 5) is 14.3. The van der Waals surface area contributed by atoms with Gasteiger partial charge < -0.3 is 5.32 Å². The number of carbonyl (C=O) groups excluding carboxylic acids is 1. The molecule has 7 heteroatoms. The fourth-order valence-corrected chi connectivity index (χ4v) is 1.79. The topological polar surface area (TPSA) is 33.5 Å². The Morgan fingerprint density at radius 1 is 1.47 bits per heavy atom. The van der Waals surface area contributed by atoms with Crippen LogP contribution < -0.4 is 5.32 Å². The van der Waals surface area contributed by atoms with Crippen LogP contribution in [0.25, 0.3) is 4.85 Å². The van der Waals surface area contributed by atoms with E-state index in [1.54, 1.807) is 22.6 Å². The molecule has 1 N–H and O–H groups in total. The molecule has 0 aromatic heterocycles. The molecule has 0 heterocycles. The Balaban J connectivity index is 3.33. The van der Waals surface area contributed by atoms with Crippen LogP contribution in [0.2, 0.25) is 0 Å². The molecule has 0 aliphatic carbocycles. The molecule has 0 saturated carbocycles. The van der Waals surface area contributed by atoms with Crippen LogP contribution in [0.15, 0.2) is 24.3 Å². The van der Waals surface area contributed by atoms with E-state index in [2.05, 4.69) is 16.7 Å². The van der Waals surface area contributed by atoms with Crippen molar-refractivity contribution in [3.63, 3.8) is 0 Å². The highest BCUT2D eigenvalue weighted by Crippen LogP contribution is 2.39. The number of anilines is 1. The lowest BCUT2D eigenvalue weighted by atomic mass is 10.1. The summed E-state index contributed by atoms with van der Waals surface area (Å²) in [7, 11) is 0. The minimum atomic E-state index is -4.65. The van der Waals surface area contributed by atoms with Gasteiger partial charge in [-0.1, -0.05) is 6.58 Å². The third kappa shape index (κ3) is 3.70. The van der Waals surface area contributed by atoms with E-state index in [9.17, 15) is 18.0 Å². The molecule has 0 bridgehead atoms. The first kappa shape index (κ1) is 15.5. The van der Waals surface area contributed by atoms with E-state index < -0.39 is 23.3 Å². The second-order valence-electron chi connectivity index (χ2n) is 3.69. The molecule has 1 amide bonds. The van der Waals surface area contributed by atoms with Gasteiger partial charge >= 0.3 is 6.18 Å². The fourth-order valence-electron chi connectivity index (χ4n) is 1.21. The van der Waals surface area contributed by atoms with Crippen molar-refractivity contribution < 1.29 is 18.0 Å². The minimum absolute atomic E-state index is 0.00771. The number of carbonyl (C=O) groups is 1. The van der Waals surface area contributed by atoms with E-state index in [0.29, 0.717) is 3.57 Å². The Kier molecular flexibility index (Phi) is 4.57. The maximum atomic E-state index is 12.8. The summed E-state index contributed by atoms with van der Waals surface area (Å²) in [6, 6.07) is 1.85. The van der Waals surface area contributed by atoms with E-state index in [1.165, 1.54) is 6.92 Å². The molecule has 0 aliphatic rings. The second kappa shape index (κ2) is 5.61. The Labute approximate surface area is 121 Å². The van der Waals surface area contributed by atoms with E-state index in [0.717, 1.165) is 12.1 Å². The Bertz CT molecular complexity index is 588. The average molecular weight is 380 g/mol. The molecule has 0 atom stereocenters. The van der Waals surface area contributed by atoms with Gasteiger partial charge in [-0.25, -0.2) is 4.85 Å². The predicted molar refractivity (Wildman–Crippen MR) is 73.9 cm³/mol. The maximum absolute atomic E-state index is 12.8. The van der Waals surface area contributed by atoms with Crippen LogP contribution in [0.5, 0.6) is 0 Å². The molecule has 0 fully saturated rings. The lowest BCUT2D eigenvalue weighted by molar-refractivity contribution is -0.136. The summed E-state index contributed by atoms with van der Waals surface area (Å²) in [5.74, 6) is -0.568. The number of benzene rings is 1. The molecular weight excluding hydrogens is 372 g/mol. The van der Waals surface area contributed by atoms with E-state index in [1.807, 2.05) is 0 Å².